The van der Waals surface area contributed by atoms with Crippen LogP contribution in [0.25, 0.3) is 21.3 Å². The molecule has 2 heterocycles. The first-order valence-corrected chi connectivity index (χ1v) is 11.3. The number of hydrogen-bond acceptors (Lipinski definition) is 6. The molecular formula is C24H23N5O3S. The summed E-state index contributed by atoms with van der Waals surface area (Å²) in [5, 5.41) is 5.83. The Morgan fingerprint density at radius 3 is 2.30 bits per heavy atom. The van der Waals surface area contributed by atoms with Crippen molar-refractivity contribution in [2.75, 3.05) is 0 Å². The van der Waals surface area contributed by atoms with E-state index in [1.807, 2.05) is 44.2 Å². The third-order valence-corrected chi connectivity index (χ3v) is 6.14. The number of carbonyl (C=O) groups is 2. The molecule has 0 atom stereocenters. The fourth-order valence-corrected chi connectivity index (χ4v) is 4.38. The summed E-state index contributed by atoms with van der Waals surface area (Å²) in [6, 6.07) is 16.4. The zero-order valence-corrected chi connectivity index (χ0v) is 19.3. The van der Waals surface area contributed by atoms with Crippen molar-refractivity contribution < 1.29 is 9.59 Å². The topological polar surface area (TPSA) is 106 Å². The summed E-state index contributed by atoms with van der Waals surface area (Å²) in [5.41, 5.74) is 6.17. The van der Waals surface area contributed by atoms with Crippen molar-refractivity contribution >= 4 is 33.9 Å². The van der Waals surface area contributed by atoms with Gasteiger partial charge in [0, 0.05) is 17.5 Å². The van der Waals surface area contributed by atoms with Crippen molar-refractivity contribution in [3.8, 4) is 10.6 Å². The van der Waals surface area contributed by atoms with E-state index in [4.69, 9.17) is 0 Å². The third kappa shape index (κ3) is 4.68. The lowest BCUT2D eigenvalue weighted by Gasteiger charge is -2.13. The number of rotatable bonds is 5. The Hall–Kier alpha value is -3.85. The molecular weight excluding hydrogens is 438 g/mol. The van der Waals surface area contributed by atoms with Gasteiger partial charge in [-0.15, -0.1) is 11.3 Å². The third-order valence-electron chi connectivity index (χ3n) is 4.93. The Kier molecular flexibility index (Phi) is 6.32. The summed E-state index contributed by atoms with van der Waals surface area (Å²) in [6.45, 7) is 6.05. The number of aromatic nitrogens is 3. The van der Waals surface area contributed by atoms with Crippen LogP contribution < -0.4 is 16.4 Å². The Balaban J connectivity index is 1.57. The van der Waals surface area contributed by atoms with Crippen molar-refractivity contribution in [2.45, 2.75) is 27.3 Å². The maximum atomic E-state index is 12.9. The minimum absolute atomic E-state index is 0.0668. The fourth-order valence-electron chi connectivity index (χ4n) is 3.41. The molecule has 2 N–H and O–H groups in total. The Morgan fingerprint density at radius 2 is 1.61 bits per heavy atom. The standard InChI is InChI=1S/C24H23N5O3S/c1-14(2)13-29-24(32)18-12-8-7-11-17(18)19(28-29)21(30)26-27-22(31)20-15(3)25-23(33-20)16-9-5-4-6-10-16/h4-12,14H,13H2,1-3H3,(H,26,30)(H,27,31). The molecule has 0 aliphatic carbocycles. The predicted octanol–water partition coefficient (Wildman–Crippen LogP) is 3.56. The molecule has 33 heavy (non-hydrogen) atoms. The molecule has 0 fully saturated rings. The van der Waals surface area contributed by atoms with E-state index in [0.29, 0.717) is 27.9 Å². The average Bonchev–Trinajstić information content (AvgIpc) is 3.21. The second-order valence-electron chi connectivity index (χ2n) is 7.98. The van der Waals surface area contributed by atoms with Gasteiger partial charge in [0.25, 0.3) is 17.4 Å². The number of hydrogen-bond donors (Lipinski definition) is 2. The largest absolute Gasteiger partial charge is 0.290 e. The zero-order valence-electron chi connectivity index (χ0n) is 18.5. The number of fused-ring (bicyclic) bond motifs is 1. The van der Waals surface area contributed by atoms with Gasteiger partial charge >= 0.3 is 0 Å². The van der Waals surface area contributed by atoms with E-state index in [0.717, 1.165) is 10.6 Å². The lowest BCUT2D eigenvalue weighted by atomic mass is 10.1. The fraction of sp³-hybridized carbons (Fsp3) is 0.208. The van der Waals surface area contributed by atoms with Crippen LogP contribution in [-0.2, 0) is 6.54 Å². The molecule has 8 nitrogen and oxygen atoms in total. The van der Waals surface area contributed by atoms with Crippen LogP contribution >= 0.6 is 11.3 Å². The SMILES string of the molecule is Cc1nc(-c2ccccc2)sc1C(=O)NNC(=O)c1nn(CC(C)C)c(=O)c2ccccc12. The van der Waals surface area contributed by atoms with E-state index >= 15 is 0 Å². The molecule has 2 amide bonds. The number of carbonyl (C=O) groups excluding carboxylic acids is 2. The molecule has 168 valence electrons. The Morgan fingerprint density at radius 1 is 0.970 bits per heavy atom. The minimum atomic E-state index is -0.609. The average molecular weight is 462 g/mol. The highest BCUT2D eigenvalue weighted by molar-refractivity contribution is 7.17. The minimum Gasteiger partial charge on any atom is -0.267 e. The summed E-state index contributed by atoms with van der Waals surface area (Å²) >= 11 is 1.25. The number of thiazole rings is 1. The first-order valence-electron chi connectivity index (χ1n) is 10.5. The van der Waals surface area contributed by atoms with Crippen LogP contribution in [-0.4, -0.2) is 26.6 Å². The van der Waals surface area contributed by atoms with Crippen LogP contribution in [0.15, 0.2) is 59.4 Å². The maximum Gasteiger partial charge on any atom is 0.290 e. The van der Waals surface area contributed by atoms with Gasteiger partial charge in [-0.2, -0.15) is 5.10 Å². The number of nitrogens with zero attached hydrogens (tertiary/aromatic N) is 3. The number of nitrogens with one attached hydrogen (secondary N) is 2. The monoisotopic (exact) mass is 461 g/mol. The quantitative estimate of drug-likeness (QED) is 0.442. The number of aryl methyl sites for hydroxylation is 1. The summed E-state index contributed by atoms with van der Waals surface area (Å²) in [7, 11) is 0. The molecule has 4 aromatic rings. The lowest BCUT2D eigenvalue weighted by Crippen LogP contribution is -2.42. The number of benzene rings is 2. The van der Waals surface area contributed by atoms with Crippen molar-refractivity contribution in [3.63, 3.8) is 0 Å². The second-order valence-corrected chi connectivity index (χ2v) is 8.98. The van der Waals surface area contributed by atoms with Gasteiger partial charge in [-0.25, -0.2) is 9.67 Å². The molecule has 2 aromatic carbocycles. The van der Waals surface area contributed by atoms with Crippen molar-refractivity contribution in [2.24, 2.45) is 5.92 Å². The van der Waals surface area contributed by atoms with Gasteiger partial charge in [0.2, 0.25) is 0 Å². The maximum absolute atomic E-state index is 12.9. The molecule has 0 aliphatic heterocycles. The van der Waals surface area contributed by atoms with E-state index in [9.17, 15) is 14.4 Å². The molecule has 9 heteroatoms. The van der Waals surface area contributed by atoms with Gasteiger partial charge in [-0.3, -0.25) is 25.2 Å². The molecule has 0 saturated heterocycles. The van der Waals surface area contributed by atoms with Gasteiger partial charge in [-0.1, -0.05) is 62.4 Å². The molecule has 0 radical (unpaired) electrons. The van der Waals surface area contributed by atoms with Gasteiger partial charge in [0.1, 0.15) is 9.88 Å². The second kappa shape index (κ2) is 9.33. The highest BCUT2D eigenvalue weighted by Gasteiger charge is 2.20. The van der Waals surface area contributed by atoms with Gasteiger partial charge in [-0.05, 0) is 18.9 Å². The van der Waals surface area contributed by atoms with Crippen LogP contribution in [0.5, 0.6) is 0 Å². The van der Waals surface area contributed by atoms with Crippen LogP contribution in [0.1, 0.15) is 39.7 Å². The summed E-state index contributed by atoms with van der Waals surface area (Å²) in [5.74, 6) is -0.914. The van der Waals surface area contributed by atoms with Crippen LogP contribution in [0.4, 0.5) is 0 Å². The molecule has 0 bridgehead atoms. The van der Waals surface area contributed by atoms with Crippen molar-refractivity contribution in [3.05, 3.63) is 81.2 Å². The van der Waals surface area contributed by atoms with E-state index < -0.39 is 11.8 Å². The Labute approximate surface area is 194 Å². The predicted molar refractivity (Wildman–Crippen MR) is 128 cm³/mol. The van der Waals surface area contributed by atoms with E-state index in [2.05, 4.69) is 20.9 Å². The molecule has 4 rings (SSSR count). The summed E-state index contributed by atoms with van der Waals surface area (Å²) in [4.78, 5) is 43.3. The van der Waals surface area contributed by atoms with Crippen LogP contribution in [0.3, 0.4) is 0 Å². The van der Waals surface area contributed by atoms with Crippen LogP contribution in [0, 0.1) is 12.8 Å². The van der Waals surface area contributed by atoms with E-state index in [1.54, 1.807) is 31.2 Å². The highest BCUT2D eigenvalue weighted by atomic mass is 32.1. The normalized spacial score (nSPS) is 11.0. The molecule has 0 saturated carbocycles. The van der Waals surface area contributed by atoms with Gasteiger partial charge < -0.3 is 0 Å². The lowest BCUT2D eigenvalue weighted by molar-refractivity contribution is 0.0845. The Bertz CT molecular complexity index is 1390. The smallest absolute Gasteiger partial charge is 0.267 e. The van der Waals surface area contributed by atoms with Gasteiger partial charge in [0.05, 0.1) is 11.1 Å². The van der Waals surface area contributed by atoms with E-state index in [1.165, 1.54) is 16.0 Å². The number of hydrazine groups is 1. The summed E-state index contributed by atoms with van der Waals surface area (Å²) in [6.07, 6.45) is 0. The molecule has 0 spiro atoms. The van der Waals surface area contributed by atoms with Crippen LogP contribution in [0.2, 0.25) is 0 Å². The molecule has 0 unspecified atom stereocenters. The molecule has 2 aromatic heterocycles. The van der Waals surface area contributed by atoms with E-state index in [-0.39, 0.29) is 17.2 Å². The first kappa shape index (κ1) is 22.3. The van der Waals surface area contributed by atoms with Crippen molar-refractivity contribution in [1.29, 1.82) is 0 Å². The summed E-state index contributed by atoms with van der Waals surface area (Å²) < 4.78 is 1.29. The van der Waals surface area contributed by atoms with Crippen molar-refractivity contribution in [1.82, 2.24) is 25.6 Å². The van der Waals surface area contributed by atoms with Gasteiger partial charge in [0.15, 0.2) is 5.69 Å². The highest BCUT2D eigenvalue weighted by Crippen LogP contribution is 2.27. The molecule has 0 aliphatic rings. The first-order chi connectivity index (χ1) is 15.8. The number of amides is 2. The zero-order chi connectivity index (χ0) is 23.5.